The molecule has 17 heteroatoms. The maximum absolute atomic E-state index is 5.86. The van der Waals surface area contributed by atoms with Gasteiger partial charge in [-0.3, -0.25) is 4.68 Å². The van der Waals surface area contributed by atoms with E-state index in [4.69, 9.17) is 30.4 Å². The molecule has 16 nitrogen and oxygen atoms in total. The highest BCUT2D eigenvalue weighted by molar-refractivity contribution is 5.93. The standard InChI is InChI=1S/C22H23N3O4.C17H15N9.ClH/c1-4-16-6-5-7-17(12-16)25-22-18-13-20(28-10-8-26-2)21(29-11-9-27-3)14-19(18)23-15-24-22;1-11(12-3-4-15-18-5-6-25(15)10-12)26-17-16(22-23-26)19-8-14(21-17)13-7-20-24(2)9-13;/h1,5-7,12-15H,8-11H2,2-3H3,(H,23,24,25);3-11H,1-2H3;1H. The second kappa shape index (κ2) is 18.1. The number of methoxy groups -OCH3 is 2. The molecule has 0 saturated heterocycles. The molecule has 0 fully saturated rings. The second-order valence-corrected chi connectivity index (χ2v) is 12.2. The first-order chi connectivity index (χ1) is 26.9. The van der Waals surface area contributed by atoms with E-state index < -0.39 is 0 Å². The summed E-state index contributed by atoms with van der Waals surface area (Å²) in [4.78, 5) is 22.1. The van der Waals surface area contributed by atoms with Gasteiger partial charge < -0.3 is 28.7 Å². The number of benzene rings is 2. The van der Waals surface area contributed by atoms with Crippen molar-refractivity contribution in [3.63, 3.8) is 0 Å². The van der Waals surface area contributed by atoms with E-state index in [9.17, 15) is 0 Å². The van der Waals surface area contributed by atoms with Gasteiger partial charge in [-0.15, -0.1) is 23.9 Å². The van der Waals surface area contributed by atoms with Crippen LogP contribution in [0.2, 0.25) is 0 Å². The van der Waals surface area contributed by atoms with Crippen LogP contribution in [0.15, 0.2) is 92.0 Å². The molecule has 2 aromatic carbocycles. The molecule has 1 atom stereocenters. The predicted octanol–water partition coefficient (Wildman–Crippen LogP) is 5.71. The highest BCUT2D eigenvalue weighted by Gasteiger charge is 2.18. The van der Waals surface area contributed by atoms with Crippen LogP contribution in [0.3, 0.4) is 0 Å². The number of nitrogens with zero attached hydrogens (tertiary/aromatic N) is 11. The molecular formula is C39H39ClN12O4. The molecule has 286 valence electrons. The first-order valence-electron chi connectivity index (χ1n) is 17.3. The van der Waals surface area contributed by atoms with Gasteiger partial charge in [0.25, 0.3) is 0 Å². The van der Waals surface area contributed by atoms with Gasteiger partial charge in [0.15, 0.2) is 17.1 Å². The largest absolute Gasteiger partial charge is 0.487 e. The number of rotatable bonds is 13. The number of nitrogens with one attached hydrogen (secondary N) is 1. The maximum Gasteiger partial charge on any atom is 0.221 e. The fraction of sp³-hybridized carbons (Fsp3) is 0.231. The van der Waals surface area contributed by atoms with E-state index in [-0.39, 0.29) is 18.4 Å². The molecule has 0 spiro atoms. The number of aromatic nitrogens is 11. The summed E-state index contributed by atoms with van der Waals surface area (Å²) in [6, 6.07) is 15.2. The molecule has 8 rings (SSSR count). The lowest BCUT2D eigenvalue weighted by Crippen LogP contribution is -2.10. The van der Waals surface area contributed by atoms with Crippen molar-refractivity contribution in [2.24, 2.45) is 7.05 Å². The summed E-state index contributed by atoms with van der Waals surface area (Å²) in [6.45, 7) is 3.79. The summed E-state index contributed by atoms with van der Waals surface area (Å²) in [5.41, 5.74) is 7.14. The zero-order valence-electron chi connectivity index (χ0n) is 31.1. The highest BCUT2D eigenvalue weighted by Crippen LogP contribution is 2.35. The number of terminal acetylenes is 1. The molecule has 6 heterocycles. The van der Waals surface area contributed by atoms with Gasteiger partial charge in [-0.05, 0) is 42.8 Å². The van der Waals surface area contributed by atoms with Crippen LogP contribution >= 0.6 is 12.4 Å². The van der Waals surface area contributed by atoms with Crippen LogP contribution in [-0.2, 0) is 16.5 Å². The van der Waals surface area contributed by atoms with Crippen molar-refractivity contribution in [3.8, 4) is 35.1 Å². The van der Waals surface area contributed by atoms with E-state index in [2.05, 4.69) is 53.5 Å². The second-order valence-electron chi connectivity index (χ2n) is 12.2. The molecule has 0 bridgehead atoms. The van der Waals surface area contributed by atoms with E-state index in [1.165, 1.54) is 6.33 Å². The van der Waals surface area contributed by atoms with Crippen LogP contribution in [0.4, 0.5) is 11.5 Å². The highest BCUT2D eigenvalue weighted by atomic mass is 35.5. The van der Waals surface area contributed by atoms with E-state index >= 15 is 0 Å². The first-order valence-corrected chi connectivity index (χ1v) is 17.3. The van der Waals surface area contributed by atoms with Crippen LogP contribution in [0.25, 0.3) is 39.1 Å². The third-order valence-electron chi connectivity index (χ3n) is 8.53. The minimum atomic E-state index is -0.0507. The van der Waals surface area contributed by atoms with Gasteiger partial charge in [0.05, 0.1) is 42.9 Å². The molecule has 0 aliphatic heterocycles. The van der Waals surface area contributed by atoms with Crippen molar-refractivity contribution in [1.82, 2.24) is 54.1 Å². The number of hydrogen-bond donors (Lipinski definition) is 1. The predicted molar refractivity (Wildman–Crippen MR) is 214 cm³/mol. The number of anilines is 2. The van der Waals surface area contributed by atoms with Gasteiger partial charge in [-0.2, -0.15) is 5.10 Å². The quantitative estimate of drug-likeness (QED) is 0.112. The Balaban J connectivity index is 0.000000187. The van der Waals surface area contributed by atoms with Crippen molar-refractivity contribution in [3.05, 3.63) is 103 Å². The average molecular weight is 775 g/mol. The van der Waals surface area contributed by atoms with Crippen molar-refractivity contribution < 1.29 is 18.9 Å². The Labute approximate surface area is 328 Å². The summed E-state index contributed by atoms with van der Waals surface area (Å²) in [6.07, 6.45) is 18.1. The van der Waals surface area contributed by atoms with E-state index in [0.717, 1.165) is 44.6 Å². The third kappa shape index (κ3) is 8.82. The smallest absolute Gasteiger partial charge is 0.221 e. The molecule has 0 aliphatic carbocycles. The molecule has 0 aliphatic rings. The van der Waals surface area contributed by atoms with E-state index in [1.54, 1.807) is 42.2 Å². The first kappa shape index (κ1) is 39.0. The number of halogens is 1. The van der Waals surface area contributed by atoms with Gasteiger partial charge in [0.1, 0.15) is 31.0 Å². The van der Waals surface area contributed by atoms with Crippen LogP contribution in [-0.4, -0.2) is 94.7 Å². The average Bonchev–Trinajstić information content (AvgIpc) is 3.98. The van der Waals surface area contributed by atoms with E-state index in [0.29, 0.717) is 55.0 Å². The molecular weight excluding hydrogens is 736 g/mol. The number of pyridine rings is 1. The molecule has 0 saturated carbocycles. The van der Waals surface area contributed by atoms with E-state index in [1.807, 2.05) is 78.6 Å². The van der Waals surface area contributed by atoms with Crippen molar-refractivity contribution >= 4 is 51.8 Å². The Morgan fingerprint density at radius 1 is 0.893 bits per heavy atom. The molecule has 0 amide bonds. The van der Waals surface area contributed by atoms with Gasteiger partial charge in [-0.25, -0.2) is 29.6 Å². The maximum atomic E-state index is 5.86. The number of fused-ring (bicyclic) bond motifs is 3. The zero-order valence-corrected chi connectivity index (χ0v) is 31.9. The van der Waals surface area contributed by atoms with Gasteiger partial charge in [0, 0.05) is 74.3 Å². The molecule has 0 radical (unpaired) electrons. The Hall–Kier alpha value is -6.67. The summed E-state index contributed by atoms with van der Waals surface area (Å²) < 4.78 is 27.3. The third-order valence-corrected chi connectivity index (χ3v) is 8.53. The van der Waals surface area contributed by atoms with Crippen molar-refractivity contribution in [2.75, 3.05) is 46.0 Å². The van der Waals surface area contributed by atoms with Crippen LogP contribution in [0.5, 0.6) is 11.5 Å². The summed E-state index contributed by atoms with van der Waals surface area (Å²) in [7, 11) is 5.12. The fourth-order valence-corrected chi connectivity index (χ4v) is 5.69. The number of hydrogen-bond acceptors (Lipinski definition) is 13. The van der Waals surface area contributed by atoms with Crippen LogP contribution in [0, 0.1) is 12.3 Å². The Kier molecular flexibility index (Phi) is 12.6. The van der Waals surface area contributed by atoms with Gasteiger partial charge in [-0.1, -0.05) is 23.3 Å². The van der Waals surface area contributed by atoms with Gasteiger partial charge in [0.2, 0.25) is 5.65 Å². The number of imidazole rings is 1. The molecule has 6 aromatic heterocycles. The lowest BCUT2D eigenvalue weighted by atomic mass is 10.1. The Morgan fingerprint density at radius 3 is 2.45 bits per heavy atom. The van der Waals surface area contributed by atoms with Crippen LogP contribution < -0.4 is 14.8 Å². The topological polar surface area (TPSA) is 166 Å². The summed E-state index contributed by atoms with van der Waals surface area (Å²) >= 11 is 0. The Morgan fingerprint density at radius 2 is 1.70 bits per heavy atom. The molecule has 8 aromatic rings. The molecule has 1 N–H and O–H groups in total. The van der Waals surface area contributed by atoms with Crippen molar-refractivity contribution in [2.45, 2.75) is 13.0 Å². The fourth-order valence-electron chi connectivity index (χ4n) is 5.69. The molecule has 56 heavy (non-hydrogen) atoms. The van der Waals surface area contributed by atoms with Crippen molar-refractivity contribution in [1.29, 1.82) is 0 Å². The minimum absolute atomic E-state index is 0. The lowest BCUT2D eigenvalue weighted by molar-refractivity contribution is 0.132. The van der Waals surface area contributed by atoms with Gasteiger partial charge >= 0.3 is 0 Å². The molecule has 1 unspecified atom stereocenters. The monoisotopic (exact) mass is 774 g/mol. The van der Waals surface area contributed by atoms with Crippen LogP contribution in [0.1, 0.15) is 24.1 Å². The number of aryl methyl sites for hydroxylation is 1. The zero-order chi connectivity index (χ0) is 38.1. The summed E-state index contributed by atoms with van der Waals surface area (Å²) in [5, 5.41) is 16.7. The Bertz CT molecular complexity index is 2600. The number of ether oxygens (including phenoxy) is 4. The lowest BCUT2D eigenvalue weighted by Gasteiger charge is -2.15. The normalized spacial score (nSPS) is 11.4. The summed E-state index contributed by atoms with van der Waals surface area (Å²) in [5.74, 6) is 4.44. The SMILES string of the molecule is C#Cc1cccc(Nc2ncnc3cc(OCCOC)c(OCCOC)cc23)c1.CC(c1ccc2nccn2c1)n1nnc2ncc(-c3cnn(C)c3)nc21.Cl. The minimum Gasteiger partial charge on any atom is -0.487 e.